The number of hydrogen-bond donors (Lipinski definition) is 0. The number of allylic oxidation sites excluding steroid dienone is 1. The Kier molecular flexibility index (Phi) is 5.22. The van der Waals surface area contributed by atoms with E-state index in [-0.39, 0.29) is 5.56 Å². The molecular formula is C29H22N4O3. The first-order chi connectivity index (χ1) is 17.7. The van der Waals surface area contributed by atoms with E-state index in [0.717, 1.165) is 21.9 Å². The van der Waals surface area contributed by atoms with Gasteiger partial charge in [-0.15, -0.1) is 6.58 Å². The third-order valence-electron chi connectivity index (χ3n) is 6.17. The van der Waals surface area contributed by atoms with E-state index in [1.165, 1.54) is 4.68 Å². The van der Waals surface area contributed by atoms with Crippen molar-refractivity contribution in [2.24, 2.45) is 5.10 Å². The fraction of sp³-hybridized carbons (Fsp3) is 0.0690. The number of aromatic nitrogens is 3. The smallest absolute Gasteiger partial charge is 0.282 e. The summed E-state index contributed by atoms with van der Waals surface area (Å²) in [6.45, 7) is 4.52. The summed E-state index contributed by atoms with van der Waals surface area (Å²) in [5.74, 6) is 1.40. The predicted octanol–water partition coefficient (Wildman–Crippen LogP) is 5.84. The summed E-state index contributed by atoms with van der Waals surface area (Å²) < 4.78 is 15.0. The van der Waals surface area contributed by atoms with Gasteiger partial charge in [0, 0.05) is 29.2 Å². The number of rotatable bonds is 6. The van der Waals surface area contributed by atoms with Gasteiger partial charge in [0.15, 0.2) is 5.76 Å². The molecule has 0 aliphatic rings. The number of methoxy groups -OCH3 is 1. The number of ether oxygens (including phenoxy) is 1. The summed E-state index contributed by atoms with van der Waals surface area (Å²) in [5.41, 5.74) is 2.86. The van der Waals surface area contributed by atoms with Gasteiger partial charge in [-0.3, -0.25) is 4.79 Å². The maximum absolute atomic E-state index is 13.6. The van der Waals surface area contributed by atoms with Crippen molar-refractivity contribution in [1.29, 1.82) is 0 Å². The lowest BCUT2D eigenvalue weighted by Crippen LogP contribution is -2.20. The Labute approximate surface area is 206 Å². The molecule has 0 amide bonds. The first kappa shape index (κ1) is 21.6. The zero-order valence-corrected chi connectivity index (χ0v) is 19.6. The van der Waals surface area contributed by atoms with Crippen LogP contribution < -0.4 is 10.3 Å². The van der Waals surface area contributed by atoms with E-state index in [4.69, 9.17) is 14.1 Å². The Balaban J connectivity index is 1.57. The van der Waals surface area contributed by atoms with Gasteiger partial charge >= 0.3 is 0 Å². The topological polar surface area (TPSA) is 74.6 Å². The third kappa shape index (κ3) is 3.49. The fourth-order valence-electron chi connectivity index (χ4n) is 4.50. The van der Waals surface area contributed by atoms with Crippen molar-refractivity contribution >= 4 is 39.0 Å². The van der Waals surface area contributed by atoms with E-state index >= 15 is 0 Å². The van der Waals surface area contributed by atoms with Gasteiger partial charge in [-0.25, -0.2) is 4.98 Å². The van der Waals surface area contributed by atoms with E-state index in [1.54, 1.807) is 25.5 Å². The van der Waals surface area contributed by atoms with Crippen LogP contribution in [0.1, 0.15) is 5.56 Å². The van der Waals surface area contributed by atoms with Crippen molar-refractivity contribution in [1.82, 2.24) is 14.2 Å². The number of nitrogens with zero attached hydrogens (tertiary/aromatic N) is 4. The molecule has 0 saturated carbocycles. The van der Waals surface area contributed by atoms with Crippen molar-refractivity contribution in [3.8, 4) is 17.3 Å². The van der Waals surface area contributed by atoms with Crippen molar-refractivity contribution in [2.45, 2.75) is 6.54 Å². The van der Waals surface area contributed by atoms with Crippen LogP contribution in [0, 0.1) is 0 Å². The molecule has 0 bridgehead atoms. The molecule has 0 unspecified atom stereocenters. The normalized spacial score (nSPS) is 11.7. The Morgan fingerprint density at radius 2 is 1.83 bits per heavy atom. The lowest BCUT2D eigenvalue weighted by atomic mass is 10.2. The van der Waals surface area contributed by atoms with E-state index in [0.29, 0.717) is 40.4 Å². The molecule has 176 valence electrons. The quantitative estimate of drug-likeness (QED) is 0.224. The SMILES string of the molecule is C=CCn1cc(C=Nn2c(-c3cc4c(OC)cccc4o3)nc3ccccc3c2=O)c2ccccc21. The van der Waals surface area contributed by atoms with Gasteiger partial charge in [0.25, 0.3) is 5.56 Å². The number of para-hydroxylation sites is 2. The molecule has 0 aliphatic heterocycles. The number of fused-ring (bicyclic) bond motifs is 3. The van der Waals surface area contributed by atoms with Gasteiger partial charge in [-0.05, 0) is 36.4 Å². The molecule has 0 saturated heterocycles. The average Bonchev–Trinajstić information content (AvgIpc) is 3.50. The van der Waals surface area contributed by atoms with Crippen LogP contribution in [-0.4, -0.2) is 27.6 Å². The van der Waals surface area contributed by atoms with E-state index in [2.05, 4.69) is 16.2 Å². The molecule has 36 heavy (non-hydrogen) atoms. The first-order valence-electron chi connectivity index (χ1n) is 11.5. The predicted molar refractivity (Wildman–Crippen MR) is 143 cm³/mol. The Morgan fingerprint density at radius 3 is 2.67 bits per heavy atom. The number of hydrogen-bond acceptors (Lipinski definition) is 5. The van der Waals surface area contributed by atoms with Crippen LogP contribution in [0.3, 0.4) is 0 Å². The van der Waals surface area contributed by atoms with Crippen LogP contribution in [0.4, 0.5) is 0 Å². The monoisotopic (exact) mass is 474 g/mol. The minimum absolute atomic E-state index is 0.283. The molecule has 3 aromatic heterocycles. The minimum Gasteiger partial charge on any atom is -0.496 e. The molecule has 6 aromatic rings. The number of benzene rings is 3. The van der Waals surface area contributed by atoms with Crippen molar-refractivity contribution in [2.75, 3.05) is 7.11 Å². The highest BCUT2D eigenvalue weighted by Crippen LogP contribution is 2.33. The van der Waals surface area contributed by atoms with Crippen molar-refractivity contribution in [3.05, 3.63) is 108 Å². The second-order valence-corrected chi connectivity index (χ2v) is 8.34. The maximum Gasteiger partial charge on any atom is 0.282 e. The first-order valence-corrected chi connectivity index (χ1v) is 11.5. The molecule has 7 nitrogen and oxygen atoms in total. The molecule has 0 fully saturated rings. The van der Waals surface area contributed by atoms with Crippen LogP contribution in [0.25, 0.3) is 44.4 Å². The Bertz CT molecular complexity index is 1860. The lowest BCUT2D eigenvalue weighted by Gasteiger charge is -2.07. The summed E-state index contributed by atoms with van der Waals surface area (Å²) >= 11 is 0. The molecule has 0 atom stereocenters. The largest absolute Gasteiger partial charge is 0.496 e. The third-order valence-corrected chi connectivity index (χ3v) is 6.17. The molecular weight excluding hydrogens is 452 g/mol. The summed E-state index contributed by atoms with van der Waals surface area (Å²) in [7, 11) is 1.61. The zero-order chi connectivity index (χ0) is 24.6. The van der Waals surface area contributed by atoms with E-state index in [9.17, 15) is 4.79 Å². The molecule has 0 aliphatic carbocycles. The van der Waals surface area contributed by atoms with Crippen LogP contribution in [0.2, 0.25) is 0 Å². The summed E-state index contributed by atoms with van der Waals surface area (Å²) in [4.78, 5) is 18.3. The molecule has 0 spiro atoms. The van der Waals surface area contributed by atoms with E-state index < -0.39 is 0 Å². The van der Waals surface area contributed by atoms with Gasteiger partial charge in [0.2, 0.25) is 5.82 Å². The van der Waals surface area contributed by atoms with E-state index in [1.807, 2.05) is 72.9 Å². The van der Waals surface area contributed by atoms with Crippen molar-refractivity contribution in [3.63, 3.8) is 0 Å². The van der Waals surface area contributed by atoms with Gasteiger partial charge in [-0.1, -0.05) is 42.5 Å². The lowest BCUT2D eigenvalue weighted by molar-refractivity contribution is 0.419. The van der Waals surface area contributed by atoms with Crippen LogP contribution in [-0.2, 0) is 6.54 Å². The van der Waals surface area contributed by atoms with Crippen LogP contribution >= 0.6 is 0 Å². The molecule has 6 rings (SSSR count). The minimum atomic E-state index is -0.283. The van der Waals surface area contributed by atoms with Crippen LogP contribution in [0.15, 0.2) is 106 Å². The van der Waals surface area contributed by atoms with Gasteiger partial charge < -0.3 is 13.7 Å². The summed E-state index contributed by atoms with van der Waals surface area (Å²) in [6, 6.07) is 22.7. The molecule has 3 heterocycles. The van der Waals surface area contributed by atoms with Crippen LogP contribution in [0.5, 0.6) is 5.75 Å². The highest BCUT2D eigenvalue weighted by atomic mass is 16.5. The standard InChI is InChI=1S/C29H22N4O3/c1-3-15-32-18-19(20-9-5-7-12-24(20)32)17-30-33-28(31-23-11-6-4-10-21(23)29(33)34)27-16-22-25(35-2)13-8-14-26(22)36-27/h3-14,16-18H,1,15H2,2H3. The van der Waals surface area contributed by atoms with Gasteiger partial charge in [0.05, 0.1) is 29.6 Å². The highest BCUT2D eigenvalue weighted by molar-refractivity contribution is 5.99. The highest BCUT2D eigenvalue weighted by Gasteiger charge is 2.18. The average molecular weight is 475 g/mol. The number of furan rings is 1. The zero-order valence-electron chi connectivity index (χ0n) is 19.6. The van der Waals surface area contributed by atoms with Gasteiger partial charge in [-0.2, -0.15) is 9.78 Å². The maximum atomic E-state index is 13.6. The summed E-state index contributed by atoms with van der Waals surface area (Å²) in [5, 5.41) is 6.92. The molecule has 0 radical (unpaired) electrons. The molecule has 3 aromatic carbocycles. The Morgan fingerprint density at radius 1 is 1.03 bits per heavy atom. The molecule has 0 N–H and O–H groups in total. The van der Waals surface area contributed by atoms with Gasteiger partial charge in [0.1, 0.15) is 11.3 Å². The summed E-state index contributed by atoms with van der Waals surface area (Å²) in [6.07, 6.45) is 5.53. The second kappa shape index (κ2) is 8.70. The van der Waals surface area contributed by atoms with Crippen molar-refractivity contribution < 1.29 is 9.15 Å². The fourth-order valence-corrected chi connectivity index (χ4v) is 4.50. The second-order valence-electron chi connectivity index (χ2n) is 8.34. The Hall–Kier alpha value is -4.91. The molecule has 7 heteroatoms.